The van der Waals surface area contributed by atoms with Gasteiger partial charge in [-0.1, -0.05) is 0 Å². The monoisotopic (exact) mass is 262 g/mol. The van der Waals surface area contributed by atoms with E-state index in [4.69, 9.17) is 5.11 Å². The molecule has 0 rings (SSSR count). The number of carbonyl (C=O) groups is 1. The van der Waals surface area contributed by atoms with E-state index in [0.29, 0.717) is 0 Å². The second-order valence-electron chi connectivity index (χ2n) is 3.88. The normalized spacial score (nSPS) is 12.5. The minimum atomic E-state index is -0.103. The van der Waals surface area contributed by atoms with Crippen LogP contribution in [0.25, 0.3) is 0 Å². The van der Waals surface area contributed by atoms with Crippen LogP contribution < -0.4 is 5.32 Å². The van der Waals surface area contributed by atoms with Crippen LogP contribution in [0.2, 0.25) is 0 Å². The molecule has 1 unspecified atom stereocenters. The van der Waals surface area contributed by atoms with Gasteiger partial charge in [-0.25, -0.2) is 0 Å². The van der Waals surface area contributed by atoms with Gasteiger partial charge in [-0.05, 0) is 32.9 Å². The molecule has 0 heterocycles. The largest absolute Gasteiger partial charge is 0.396 e. The van der Waals surface area contributed by atoms with E-state index in [-0.39, 0.29) is 18.6 Å². The summed E-state index contributed by atoms with van der Waals surface area (Å²) in [7, 11) is 0. The van der Waals surface area contributed by atoms with Gasteiger partial charge in [0.15, 0.2) is 0 Å². The van der Waals surface area contributed by atoms with E-state index in [9.17, 15) is 4.79 Å². The first-order chi connectivity index (χ1) is 8.17. The van der Waals surface area contributed by atoms with Crippen LogP contribution in [0, 0.1) is 0 Å². The van der Waals surface area contributed by atoms with Gasteiger partial charge >= 0.3 is 0 Å². The first kappa shape index (κ1) is 16.7. The van der Waals surface area contributed by atoms with Crippen LogP contribution >= 0.6 is 11.8 Å². The molecule has 4 nitrogen and oxygen atoms in total. The van der Waals surface area contributed by atoms with Crippen molar-refractivity contribution in [3.8, 4) is 0 Å². The number of nitrogens with one attached hydrogen (secondary N) is 1. The Bertz CT molecular complexity index is 199. The van der Waals surface area contributed by atoms with Crippen LogP contribution in [0.15, 0.2) is 0 Å². The molecule has 0 aromatic carbocycles. The van der Waals surface area contributed by atoms with Gasteiger partial charge in [0.25, 0.3) is 0 Å². The Morgan fingerprint density at radius 2 is 2.00 bits per heavy atom. The predicted octanol–water partition coefficient (Wildman–Crippen LogP) is 0.948. The van der Waals surface area contributed by atoms with E-state index >= 15 is 0 Å². The molecule has 5 heteroatoms. The number of hydrogen-bond acceptors (Lipinski definition) is 4. The maximum absolute atomic E-state index is 11.9. The number of amides is 1. The number of aliphatic hydroxyl groups excluding tert-OH is 1. The average Bonchev–Trinajstić information content (AvgIpc) is 2.34. The Morgan fingerprint density at radius 1 is 1.35 bits per heavy atom. The first-order valence-electron chi connectivity index (χ1n) is 6.38. The number of rotatable bonds is 10. The smallest absolute Gasteiger partial charge is 0.239 e. The fraction of sp³-hybridized carbons (Fsp3) is 0.917. The first-order valence-corrected chi connectivity index (χ1v) is 7.53. The fourth-order valence-electron chi connectivity index (χ4n) is 1.51. The lowest BCUT2D eigenvalue weighted by Crippen LogP contribution is -2.45. The molecular weight excluding hydrogens is 236 g/mol. The van der Waals surface area contributed by atoms with Gasteiger partial charge in [-0.3, -0.25) is 4.79 Å². The minimum absolute atomic E-state index is 0.103. The maximum Gasteiger partial charge on any atom is 0.239 e. The van der Waals surface area contributed by atoms with Crippen LogP contribution in [0.3, 0.4) is 0 Å². The number of aliphatic hydroxyl groups is 1. The summed E-state index contributed by atoms with van der Waals surface area (Å²) >= 11 is 1.80. The Labute approximate surface area is 109 Å². The molecule has 102 valence electrons. The topological polar surface area (TPSA) is 52.6 Å². The van der Waals surface area contributed by atoms with E-state index in [0.717, 1.165) is 37.6 Å². The lowest BCUT2D eigenvalue weighted by molar-refractivity contribution is -0.132. The minimum Gasteiger partial charge on any atom is -0.396 e. The third-order valence-electron chi connectivity index (χ3n) is 2.59. The second-order valence-corrected chi connectivity index (χ2v) is 5.10. The summed E-state index contributed by atoms with van der Waals surface area (Å²) in [6.45, 7) is 8.55. The molecule has 0 aliphatic heterocycles. The van der Waals surface area contributed by atoms with Crippen LogP contribution in [0.1, 0.15) is 27.2 Å². The van der Waals surface area contributed by atoms with Crippen molar-refractivity contribution in [3.63, 3.8) is 0 Å². The van der Waals surface area contributed by atoms with E-state index < -0.39 is 0 Å². The molecule has 0 saturated heterocycles. The molecule has 0 bridgehead atoms. The molecule has 0 aliphatic carbocycles. The number of thioether (sulfide) groups is 1. The Balaban J connectivity index is 3.63. The highest BCUT2D eigenvalue weighted by Crippen LogP contribution is 2.01. The molecule has 0 radical (unpaired) electrons. The van der Waals surface area contributed by atoms with Crippen molar-refractivity contribution in [1.82, 2.24) is 10.2 Å². The average molecular weight is 262 g/mol. The van der Waals surface area contributed by atoms with Crippen molar-refractivity contribution in [2.45, 2.75) is 33.2 Å². The third kappa shape index (κ3) is 7.63. The maximum atomic E-state index is 11.9. The molecule has 0 aromatic rings. The molecule has 2 N–H and O–H groups in total. The molecule has 0 aliphatic rings. The summed E-state index contributed by atoms with van der Waals surface area (Å²) < 4.78 is 0. The molecule has 1 atom stereocenters. The number of nitrogens with zero attached hydrogens (tertiary/aromatic N) is 1. The zero-order valence-electron chi connectivity index (χ0n) is 11.2. The highest BCUT2D eigenvalue weighted by molar-refractivity contribution is 7.99. The third-order valence-corrected chi connectivity index (χ3v) is 3.66. The van der Waals surface area contributed by atoms with Gasteiger partial charge in [-0.2, -0.15) is 11.8 Å². The van der Waals surface area contributed by atoms with Gasteiger partial charge in [0, 0.05) is 32.0 Å². The van der Waals surface area contributed by atoms with E-state index in [1.165, 1.54) is 0 Å². The van der Waals surface area contributed by atoms with E-state index in [2.05, 4.69) is 5.32 Å². The number of carbonyl (C=O) groups excluding carboxylic acids is 1. The van der Waals surface area contributed by atoms with E-state index in [1.807, 2.05) is 25.7 Å². The summed E-state index contributed by atoms with van der Waals surface area (Å²) in [5.74, 6) is 2.14. The SMILES string of the molecule is CCN(CC)C(=O)C(C)NCCSCCCO. The summed E-state index contributed by atoms with van der Waals surface area (Å²) in [5.41, 5.74) is 0. The standard InChI is InChI=1S/C12H26N2O2S/c1-4-14(5-2)12(16)11(3)13-7-10-17-9-6-8-15/h11,13,15H,4-10H2,1-3H3. The van der Waals surface area contributed by atoms with Crippen molar-refractivity contribution in [3.05, 3.63) is 0 Å². The van der Waals surface area contributed by atoms with Gasteiger partial charge in [0.2, 0.25) is 5.91 Å². The lowest BCUT2D eigenvalue weighted by Gasteiger charge is -2.23. The second kappa shape index (κ2) is 10.9. The molecule has 0 saturated carbocycles. The van der Waals surface area contributed by atoms with Crippen LogP contribution in [-0.2, 0) is 4.79 Å². The van der Waals surface area contributed by atoms with E-state index in [1.54, 1.807) is 11.8 Å². The van der Waals surface area contributed by atoms with Crippen LogP contribution in [-0.4, -0.2) is 59.7 Å². The highest BCUT2D eigenvalue weighted by Gasteiger charge is 2.16. The molecular formula is C12H26N2O2S. The van der Waals surface area contributed by atoms with Crippen molar-refractivity contribution < 1.29 is 9.90 Å². The molecule has 0 spiro atoms. The number of hydrogen-bond donors (Lipinski definition) is 2. The highest BCUT2D eigenvalue weighted by atomic mass is 32.2. The Hall–Kier alpha value is -0.260. The zero-order chi connectivity index (χ0) is 13.1. The van der Waals surface area contributed by atoms with Crippen LogP contribution in [0.4, 0.5) is 0 Å². The lowest BCUT2D eigenvalue weighted by atomic mass is 10.3. The van der Waals surface area contributed by atoms with Gasteiger partial charge in [0.05, 0.1) is 6.04 Å². The summed E-state index contributed by atoms with van der Waals surface area (Å²) in [5, 5.41) is 11.9. The Kier molecular flexibility index (Phi) is 10.7. The van der Waals surface area contributed by atoms with Crippen LogP contribution in [0.5, 0.6) is 0 Å². The van der Waals surface area contributed by atoms with Gasteiger partial charge in [-0.15, -0.1) is 0 Å². The predicted molar refractivity (Wildman–Crippen MR) is 74.4 cm³/mol. The van der Waals surface area contributed by atoms with Crippen molar-refractivity contribution in [1.29, 1.82) is 0 Å². The summed E-state index contributed by atoms with van der Waals surface area (Å²) in [6.07, 6.45) is 0.846. The van der Waals surface area contributed by atoms with Crippen molar-refractivity contribution in [2.75, 3.05) is 37.7 Å². The number of likely N-dealkylation sites (N-methyl/N-ethyl adjacent to an activating group) is 1. The molecule has 17 heavy (non-hydrogen) atoms. The summed E-state index contributed by atoms with van der Waals surface area (Å²) in [6, 6.07) is -0.103. The van der Waals surface area contributed by atoms with Crippen molar-refractivity contribution in [2.24, 2.45) is 0 Å². The van der Waals surface area contributed by atoms with Gasteiger partial charge < -0.3 is 15.3 Å². The fourth-order valence-corrected chi connectivity index (χ4v) is 2.31. The molecule has 0 fully saturated rings. The molecule has 0 aromatic heterocycles. The zero-order valence-corrected chi connectivity index (χ0v) is 12.1. The van der Waals surface area contributed by atoms with Crippen molar-refractivity contribution >= 4 is 17.7 Å². The molecule has 1 amide bonds. The van der Waals surface area contributed by atoms with Gasteiger partial charge in [0.1, 0.15) is 0 Å². The Morgan fingerprint density at radius 3 is 2.53 bits per heavy atom. The summed E-state index contributed by atoms with van der Waals surface area (Å²) in [4.78, 5) is 13.7. The quantitative estimate of drug-likeness (QED) is 0.576.